The van der Waals surface area contributed by atoms with Gasteiger partial charge in [0.1, 0.15) is 24.2 Å². The van der Waals surface area contributed by atoms with E-state index in [-0.39, 0.29) is 110 Å². The lowest BCUT2D eigenvalue weighted by Gasteiger charge is -2.23. The van der Waals surface area contributed by atoms with E-state index in [0.717, 1.165) is 142 Å². The Morgan fingerprint density at radius 2 is 0.532 bits per heavy atom. The number of carbonyl (C=O) groups is 6. The summed E-state index contributed by atoms with van der Waals surface area (Å²) < 4.78 is 0. The summed E-state index contributed by atoms with van der Waals surface area (Å²) in [5.41, 5.74) is 23.1. The second-order valence-corrected chi connectivity index (χ2v) is 24.7. The van der Waals surface area contributed by atoms with E-state index in [1.54, 1.807) is 0 Å². The molecule has 24 heteroatoms. The van der Waals surface area contributed by atoms with E-state index in [1.165, 1.54) is 103 Å². The van der Waals surface area contributed by atoms with E-state index in [0.29, 0.717) is 103 Å². The Labute approximate surface area is 610 Å². The van der Waals surface area contributed by atoms with E-state index in [1.807, 2.05) is 0 Å². The van der Waals surface area contributed by atoms with Crippen LogP contribution in [0.15, 0.2) is 24.3 Å². The lowest BCUT2D eigenvalue weighted by atomic mass is 10.0. The fourth-order valence-corrected chi connectivity index (χ4v) is 10.7. The van der Waals surface area contributed by atoms with Crippen molar-refractivity contribution >= 4 is 110 Å². The first kappa shape index (κ1) is 105. The van der Waals surface area contributed by atoms with Gasteiger partial charge in [-0.25, -0.2) is 0 Å². The Morgan fingerprint density at radius 1 is 0.277 bits per heavy atom. The summed E-state index contributed by atoms with van der Waals surface area (Å²) in [6, 6.07) is -2.90. The van der Waals surface area contributed by atoms with Crippen molar-refractivity contribution in [1.29, 1.82) is 0 Å². The van der Waals surface area contributed by atoms with Crippen molar-refractivity contribution in [2.24, 2.45) is 22.9 Å². The molecule has 0 aromatic rings. The number of nitrogens with two attached hydrogens (primary N) is 4. The third kappa shape index (κ3) is 69.7. The average Bonchev–Trinajstić information content (AvgIpc) is 1.72. The Hall–Kier alpha value is -2.20. The van der Waals surface area contributed by atoms with Crippen molar-refractivity contribution in [3.05, 3.63) is 24.3 Å². The molecule has 4 unspecified atom stereocenters. The molecule has 0 spiro atoms. The number of allylic oxidation sites excluding steroid dienone is 4. The Kier molecular flexibility index (Phi) is 93.2. The highest BCUT2D eigenvalue weighted by atomic mass is 35.5. The first-order valence-corrected chi connectivity index (χ1v) is 36.3. The quantitative estimate of drug-likeness (QED) is 0.0200. The van der Waals surface area contributed by atoms with Gasteiger partial charge in [-0.2, -0.15) is 0 Å². The normalized spacial score (nSPS) is 12.1. The summed E-state index contributed by atoms with van der Waals surface area (Å²) in [5, 5.41) is 24.8. The van der Waals surface area contributed by atoms with Gasteiger partial charge >= 0.3 is 0 Å². The van der Waals surface area contributed by atoms with Gasteiger partial charge < -0.3 is 65.5 Å². The third-order valence-corrected chi connectivity index (χ3v) is 16.3. The van der Waals surface area contributed by atoms with Crippen molar-refractivity contribution < 1.29 is 28.8 Å². The van der Waals surface area contributed by atoms with Crippen LogP contribution >= 0.6 is 74.4 Å². The number of rotatable bonds is 67. The summed E-state index contributed by atoms with van der Waals surface area (Å²) in [6.45, 7) is 10.6. The highest BCUT2D eigenvalue weighted by molar-refractivity contribution is 5.93. The molecule has 0 aromatic heterocycles. The highest BCUT2D eigenvalue weighted by Crippen LogP contribution is 2.14. The number of unbranched alkanes of at least 4 members (excludes halogenated alkanes) is 27. The standard InChI is InChI=1S/C70H138N12O6.6ClH/c1-3-5-7-9-11-13-15-17-19-21-23-25-27-29-31-49-65(83)79-63(47-35-39-53-73)69(87)81-61(45-33-37-51-71)67(85)77-59-43-57-75-55-41-42-56-76-58-44-60-78-68(86)62(46-34-38-52-72)82-70(88)64(48-36-40-54-74)80-66(84)50-32-30-28-26-24-22-20-18-16-14-12-10-8-6-4-2;;;;;;/h17-20,61-64,75-76H,3-16,21-60,71-74H2,1-2H3,(H,77,85)(H,78,86)(H,79,83)(H,80,84)(H,81,87)(H,82,88);6*1H/b19-17-,20-18-;;;;;;. The summed E-state index contributed by atoms with van der Waals surface area (Å²) in [5.74, 6) is -1.41. The fourth-order valence-electron chi connectivity index (χ4n) is 10.7. The lowest BCUT2D eigenvalue weighted by Crippen LogP contribution is -2.54. The molecule has 94 heavy (non-hydrogen) atoms. The van der Waals surface area contributed by atoms with Crippen LogP contribution in [0.4, 0.5) is 0 Å². The molecule has 0 aromatic carbocycles. The van der Waals surface area contributed by atoms with Crippen LogP contribution in [0.2, 0.25) is 0 Å². The Balaban J connectivity index is -0.00000252. The van der Waals surface area contributed by atoms with Crippen molar-refractivity contribution in [2.75, 3.05) is 65.4 Å². The summed E-state index contributed by atoms with van der Waals surface area (Å²) in [4.78, 5) is 80.3. The SMILES string of the molecule is CCCCCCCC/C=C\CCCCCCCC(=O)NC(CCCCN)C(=O)NC(CCCCN)C(=O)NCCCNCCCCNCCCNC(=O)C(CCCCN)NC(=O)C(CCCCN)NC(=O)CCCCCCC/C=C\CCCCCCCC.Cl.Cl.Cl.Cl.Cl.Cl. The molecule has 0 saturated carbocycles. The number of hydrogen-bond acceptors (Lipinski definition) is 12. The lowest BCUT2D eigenvalue weighted by molar-refractivity contribution is -0.132. The minimum atomic E-state index is -0.729. The molecule has 0 heterocycles. The predicted molar refractivity (Wildman–Crippen MR) is 412 cm³/mol. The van der Waals surface area contributed by atoms with Gasteiger partial charge in [-0.1, -0.05) is 141 Å². The van der Waals surface area contributed by atoms with Crippen LogP contribution in [-0.4, -0.2) is 125 Å². The van der Waals surface area contributed by atoms with E-state index < -0.39 is 24.2 Å². The molecular formula is C70H144Cl6N12O6. The van der Waals surface area contributed by atoms with Crippen LogP contribution in [0.5, 0.6) is 0 Å². The van der Waals surface area contributed by atoms with Crippen molar-refractivity contribution in [3.63, 3.8) is 0 Å². The van der Waals surface area contributed by atoms with E-state index in [2.05, 4.69) is 80.7 Å². The minimum absolute atomic E-state index is 0. The zero-order chi connectivity index (χ0) is 64.4. The van der Waals surface area contributed by atoms with Gasteiger partial charge in [-0.05, 0) is 219 Å². The highest BCUT2D eigenvalue weighted by Gasteiger charge is 2.28. The number of halogens is 6. The number of carbonyl (C=O) groups excluding carboxylic acids is 6. The molecule has 0 fully saturated rings. The van der Waals surface area contributed by atoms with Crippen molar-refractivity contribution in [2.45, 2.75) is 321 Å². The first-order chi connectivity index (χ1) is 43.1. The van der Waals surface area contributed by atoms with E-state index >= 15 is 0 Å². The van der Waals surface area contributed by atoms with Crippen LogP contribution < -0.4 is 65.5 Å². The van der Waals surface area contributed by atoms with Gasteiger partial charge in [0, 0.05) is 25.9 Å². The molecule has 18 nitrogen and oxygen atoms in total. The predicted octanol–water partition coefficient (Wildman–Crippen LogP) is 13.0. The maximum Gasteiger partial charge on any atom is 0.243 e. The molecule has 0 saturated heterocycles. The average molecular weight is 1460 g/mol. The summed E-state index contributed by atoms with van der Waals surface area (Å²) in [7, 11) is 0. The molecule has 0 aliphatic rings. The molecule has 0 aliphatic heterocycles. The summed E-state index contributed by atoms with van der Waals surface area (Å²) in [6.07, 6.45) is 51.9. The maximum atomic E-state index is 13.7. The monoisotopic (exact) mass is 1460 g/mol. The minimum Gasteiger partial charge on any atom is -0.354 e. The van der Waals surface area contributed by atoms with Gasteiger partial charge in [0.25, 0.3) is 0 Å². The number of amides is 6. The molecule has 0 bridgehead atoms. The Morgan fingerprint density at radius 3 is 0.819 bits per heavy atom. The molecule has 4 atom stereocenters. The molecular weight excluding hydrogens is 1320 g/mol. The third-order valence-electron chi connectivity index (χ3n) is 16.3. The molecule has 0 rings (SSSR count). The van der Waals surface area contributed by atoms with Gasteiger partial charge in [-0.3, -0.25) is 28.8 Å². The van der Waals surface area contributed by atoms with E-state index in [9.17, 15) is 28.8 Å². The second kappa shape index (κ2) is 83.2. The van der Waals surface area contributed by atoms with Gasteiger partial charge in [0.05, 0.1) is 0 Å². The molecule has 0 radical (unpaired) electrons. The Bertz CT molecular complexity index is 1620. The fraction of sp³-hybridized carbons (Fsp3) is 0.857. The van der Waals surface area contributed by atoms with Gasteiger partial charge in [0.15, 0.2) is 0 Å². The van der Waals surface area contributed by atoms with Crippen LogP contribution in [-0.2, 0) is 28.8 Å². The van der Waals surface area contributed by atoms with Crippen LogP contribution in [0, 0.1) is 0 Å². The van der Waals surface area contributed by atoms with Gasteiger partial charge in [-0.15, -0.1) is 74.4 Å². The zero-order valence-electron chi connectivity index (χ0n) is 59.0. The smallest absolute Gasteiger partial charge is 0.243 e. The zero-order valence-corrected chi connectivity index (χ0v) is 63.9. The van der Waals surface area contributed by atoms with Crippen molar-refractivity contribution in [3.8, 4) is 0 Å². The molecule has 6 amide bonds. The van der Waals surface area contributed by atoms with Crippen LogP contribution in [0.3, 0.4) is 0 Å². The van der Waals surface area contributed by atoms with Crippen LogP contribution in [0.1, 0.15) is 296 Å². The number of hydrogen-bond donors (Lipinski definition) is 12. The molecule has 0 aliphatic carbocycles. The molecule has 562 valence electrons. The number of nitrogens with one attached hydrogen (secondary N) is 8. The molecule has 16 N–H and O–H groups in total. The van der Waals surface area contributed by atoms with E-state index in [4.69, 9.17) is 22.9 Å². The van der Waals surface area contributed by atoms with Gasteiger partial charge in [0.2, 0.25) is 35.4 Å². The van der Waals surface area contributed by atoms with Crippen molar-refractivity contribution in [1.82, 2.24) is 42.5 Å². The van der Waals surface area contributed by atoms with Crippen LogP contribution in [0.25, 0.3) is 0 Å². The second-order valence-electron chi connectivity index (χ2n) is 24.7. The summed E-state index contributed by atoms with van der Waals surface area (Å²) >= 11 is 0. The topological polar surface area (TPSA) is 303 Å². The largest absolute Gasteiger partial charge is 0.354 e. The first-order valence-electron chi connectivity index (χ1n) is 36.3. The maximum absolute atomic E-state index is 13.7.